The van der Waals surface area contributed by atoms with Crippen LogP contribution < -0.4 is 10.2 Å². The van der Waals surface area contributed by atoms with Crippen LogP contribution in [0.4, 0.5) is 5.82 Å². The zero-order valence-electron chi connectivity index (χ0n) is 13.3. The molecule has 8 heteroatoms. The minimum absolute atomic E-state index is 0.578. The van der Waals surface area contributed by atoms with Crippen LogP contribution >= 0.6 is 0 Å². The van der Waals surface area contributed by atoms with Crippen molar-refractivity contribution in [1.82, 2.24) is 30.2 Å². The monoisotopic (exact) mass is 325 g/mol. The van der Waals surface area contributed by atoms with Crippen molar-refractivity contribution < 1.29 is 4.74 Å². The summed E-state index contributed by atoms with van der Waals surface area (Å²) in [4.78, 5) is 23.1. The van der Waals surface area contributed by atoms with E-state index in [1.165, 1.54) is 0 Å². The number of pyridine rings is 1. The standard InChI is InChI=1S/C16H19N7O/c1-2-12(8-17-3-1)9-18-10-13-21-15-14(19-11-20-15)16(22-13)23-4-6-24-7-5-23/h1-3,8,11,18H,4-7,9-10H2,(H,19,20,21,22). The highest BCUT2D eigenvalue weighted by Gasteiger charge is 2.18. The lowest BCUT2D eigenvalue weighted by molar-refractivity contribution is 0.122. The van der Waals surface area contributed by atoms with Crippen molar-refractivity contribution in [3.05, 3.63) is 42.2 Å². The highest BCUT2D eigenvalue weighted by molar-refractivity contribution is 5.83. The van der Waals surface area contributed by atoms with Gasteiger partial charge in [-0.15, -0.1) is 0 Å². The van der Waals surface area contributed by atoms with Crippen LogP contribution in [0.1, 0.15) is 11.4 Å². The molecule has 3 aromatic rings. The molecule has 4 heterocycles. The molecule has 1 saturated heterocycles. The number of nitrogens with zero attached hydrogens (tertiary/aromatic N) is 5. The Morgan fingerprint density at radius 1 is 1.21 bits per heavy atom. The second kappa shape index (κ2) is 6.90. The predicted octanol–water partition coefficient (Wildman–Crippen LogP) is 0.874. The minimum Gasteiger partial charge on any atom is -0.378 e. The molecular formula is C16H19N7O. The second-order valence-electron chi connectivity index (χ2n) is 5.63. The summed E-state index contributed by atoms with van der Waals surface area (Å²) in [5.41, 5.74) is 2.71. The maximum absolute atomic E-state index is 5.43. The molecule has 124 valence electrons. The fourth-order valence-corrected chi connectivity index (χ4v) is 2.77. The van der Waals surface area contributed by atoms with E-state index in [-0.39, 0.29) is 0 Å². The first kappa shape index (κ1) is 15.0. The first-order valence-electron chi connectivity index (χ1n) is 8.02. The molecule has 0 atom stereocenters. The molecule has 3 aromatic heterocycles. The zero-order chi connectivity index (χ0) is 16.2. The Labute approximate surface area is 139 Å². The molecule has 24 heavy (non-hydrogen) atoms. The van der Waals surface area contributed by atoms with Gasteiger partial charge in [-0.05, 0) is 11.6 Å². The normalized spacial score (nSPS) is 15.1. The quantitative estimate of drug-likeness (QED) is 0.719. The summed E-state index contributed by atoms with van der Waals surface area (Å²) in [6, 6.07) is 3.97. The van der Waals surface area contributed by atoms with Gasteiger partial charge in [-0.3, -0.25) is 4.98 Å². The van der Waals surface area contributed by atoms with Gasteiger partial charge in [0.05, 0.1) is 26.1 Å². The maximum Gasteiger partial charge on any atom is 0.183 e. The molecule has 0 saturated carbocycles. The van der Waals surface area contributed by atoms with Gasteiger partial charge in [0.2, 0.25) is 0 Å². The topological polar surface area (TPSA) is 91.8 Å². The van der Waals surface area contributed by atoms with Crippen LogP contribution in [0.25, 0.3) is 11.2 Å². The highest BCUT2D eigenvalue weighted by Crippen LogP contribution is 2.21. The second-order valence-corrected chi connectivity index (χ2v) is 5.63. The molecule has 1 fully saturated rings. The summed E-state index contributed by atoms with van der Waals surface area (Å²) >= 11 is 0. The fourth-order valence-electron chi connectivity index (χ4n) is 2.77. The Hall–Kier alpha value is -2.58. The average Bonchev–Trinajstić information content (AvgIpc) is 3.11. The lowest BCUT2D eigenvalue weighted by Gasteiger charge is -2.28. The summed E-state index contributed by atoms with van der Waals surface area (Å²) in [5.74, 6) is 1.64. The number of hydrogen-bond donors (Lipinski definition) is 2. The fraction of sp³-hybridized carbons (Fsp3) is 0.375. The summed E-state index contributed by atoms with van der Waals surface area (Å²) in [6.07, 6.45) is 5.28. The molecular weight excluding hydrogens is 306 g/mol. The number of aromatic amines is 1. The summed E-state index contributed by atoms with van der Waals surface area (Å²) in [7, 11) is 0. The first-order chi connectivity index (χ1) is 11.9. The van der Waals surface area contributed by atoms with Gasteiger partial charge in [-0.2, -0.15) is 0 Å². The van der Waals surface area contributed by atoms with E-state index >= 15 is 0 Å². The number of aromatic nitrogens is 5. The van der Waals surface area contributed by atoms with Crippen LogP contribution in [0, 0.1) is 0 Å². The Bertz CT molecular complexity index is 799. The zero-order valence-corrected chi connectivity index (χ0v) is 13.3. The number of nitrogens with one attached hydrogen (secondary N) is 2. The number of hydrogen-bond acceptors (Lipinski definition) is 7. The highest BCUT2D eigenvalue weighted by atomic mass is 16.5. The van der Waals surface area contributed by atoms with Gasteiger partial charge in [0.1, 0.15) is 11.3 Å². The van der Waals surface area contributed by atoms with Gasteiger partial charge in [0.25, 0.3) is 0 Å². The molecule has 0 aromatic carbocycles. The van der Waals surface area contributed by atoms with Crippen molar-refractivity contribution in [3.63, 3.8) is 0 Å². The van der Waals surface area contributed by atoms with Gasteiger partial charge in [-0.25, -0.2) is 15.0 Å². The van der Waals surface area contributed by atoms with Crippen molar-refractivity contribution in [2.75, 3.05) is 31.2 Å². The molecule has 4 rings (SSSR count). The van der Waals surface area contributed by atoms with Crippen molar-refractivity contribution in [2.24, 2.45) is 0 Å². The third kappa shape index (κ3) is 3.19. The van der Waals surface area contributed by atoms with Crippen LogP contribution in [-0.2, 0) is 17.8 Å². The van der Waals surface area contributed by atoms with Gasteiger partial charge in [-0.1, -0.05) is 6.07 Å². The van der Waals surface area contributed by atoms with Crippen LogP contribution in [0.15, 0.2) is 30.9 Å². The van der Waals surface area contributed by atoms with Crippen molar-refractivity contribution in [3.8, 4) is 0 Å². The van der Waals surface area contributed by atoms with Crippen LogP contribution in [0.2, 0.25) is 0 Å². The summed E-state index contributed by atoms with van der Waals surface area (Å²) in [6.45, 7) is 4.39. The number of morpholine rings is 1. The predicted molar refractivity (Wildman–Crippen MR) is 89.5 cm³/mol. The summed E-state index contributed by atoms with van der Waals surface area (Å²) < 4.78 is 5.43. The molecule has 1 aliphatic heterocycles. The number of anilines is 1. The molecule has 0 unspecified atom stereocenters. The van der Waals surface area contributed by atoms with Crippen LogP contribution in [-0.4, -0.2) is 51.2 Å². The number of H-pyrrole nitrogens is 1. The van der Waals surface area contributed by atoms with E-state index < -0.39 is 0 Å². The Kier molecular flexibility index (Phi) is 4.30. The van der Waals surface area contributed by atoms with Gasteiger partial charge in [0, 0.05) is 32.0 Å². The van der Waals surface area contributed by atoms with E-state index in [2.05, 4.69) is 30.2 Å². The first-order valence-corrected chi connectivity index (χ1v) is 8.02. The smallest absolute Gasteiger partial charge is 0.183 e. The van der Waals surface area contributed by atoms with E-state index in [9.17, 15) is 0 Å². The van der Waals surface area contributed by atoms with Gasteiger partial charge in [0.15, 0.2) is 11.5 Å². The molecule has 0 radical (unpaired) electrons. The van der Waals surface area contributed by atoms with E-state index in [1.807, 2.05) is 18.3 Å². The average molecular weight is 325 g/mol. The van der Waals surface area contributed by atoms with Crippen LogP contribution in [0.3, 0.4) is 0 Å². The third-order valence-electron chi connectivity index (χ3n) is 3.96. The number of ether oxygens (including phenoxy) is 1. The lowest BCUT2D eigenvalue weighted by Crippen LogP contribution is -2.37. The molecule has 1 aliphatic rings. The Balaban J connectivity index is 1.52. The lowest BCUT2D eigenvalue weighted by atomic mass is 10.3. The molecule has 8 nitrogen and oxygen atoms in total. The SMILES string of the molecule is c1cncc(CNCc2nc(N3CCOCC3)c3[nH]cnc3n2)c1. The number of rotatable bonds is 5. The number of fused-ring (bicyclic) bond motifs is 1. The van der Waals surface area contributed by atoms with Gasteiger partial charge < -0.3 is 19.9 Å². The van der Waals surface area contributed by atoms with E-state index in [4.69, 9.17) is 9.72 Å². The Morgan fingerprint density at radius 2 is 2.12 bits per heavy atom. The van der Waals surface area contributed by atoms with E-state index in [1.54, 1.807) is 12.5 Å². The van der Waals surface area contributed by atoms with Gasteiger partial charge >= 0.3 is 0 Å². The third-order valence-corrected chi connectivity index (χ3v) is 3.96. The number of imidazole rings is 1. The Morgan fingerprint density at radius 3 is 2.96 bits per heavy atom. The summed E-state index contributed by atoms with van der Waals surface area (Å²) in [5, 5.41) is 3.36. The molecule has 0 spiro atoms. The van der Waals surface area contributed by atoms with Crippen molar-refractivity contribution in [2.45, 2.75) is 13.1 Å². The largest absolute Gasteiger partial charge is 0.378 e. The molecule has 0 bridgehead atoms. The van der Waals surface area contributed by atoms with Crippen LogP contribution in [0.5, 0.6) is 0 Å². The van der Waals surface area contributed by atoms with Crippen molar-refractivity contribution in [1.29, 1.82) is 0 Å². The minimum atomic E-state index is 0.578. The molecule has 0 aliphatic carbocycles. The molecule has 0 amide bonds. The van der Waals surface area contributed by atoms with Crippen molar-refractivity contribution >= 4 is 17.0 Å². The maximum atomic E-state index is 5.43. The van der Waals surface area contributed by atoms with E-state index in [0.29, 0.717) is 25.4 Å². The van der Waals surface area contributed by atoms with E-state index in [0.717, 1.165) is 42.4 Å². The molecule has 2 N–H and O–H groups in total.